The monoisotopic (exact) mass is 519 g/mol. The van der Waals surface area contributed by atoms with Crippen molar-refractivity contribution < 1.29 is 9.53 Å². The highest BCUT2D eigenvalue weighted by atomic mass is 32.1. The summed E-state index contributed by atoms with van der Waals surface area (Å²) in [6.45, 7) is 8.05. The number of benzene rings is 1. The molecule has 196 valence electrons. The Bertz CT molecular complexity index is 1200. The van der Waals surface area contributed by atoms with E-state index in [4.69, 9.17) is 9.72 Å². The summed E-state index contributed by atoms with van der Waals surface area (Å²) in [5.41, 5.74) is 2.24. The van der Waals surface area contributed by atoms with Crippen molar-refractivity contribution in [2.24, 2.45) is 5.92 Å². The Hall–Kier alpha value is -2.55. The van der Waals surface area contributed by atoms with Crippen LogP contribution in [0.1, 0.15) is 44.9 Å². The smallest absolute Gasteiger partial charge is 0.227 e. The van der Waals surface area contributed by atoms with Crippen LogP contribution in [0.15, 0.2) is 36.7 Å². The Morgan fingerprint density at radius 2 is 1.76 bits per heavy atom. The molecule has 0 radical (unpaired) electrons. The predicted molar refractivity (Wildman–Crippen MR) is 150 cm³/mol. The Balaban J connectivity index is 1.16. The molecule has 1 amide bonds. The molecule has 2 aromatic heterocycles. The Kier molecular flexibility index (Phi) is 7.67. The van der Waals surface area contributed by atoms with Gasteiger partial charge < -0.3 is 19.4 Å². The zero-order chi connectivity index (χ0) is 25.0. The second-order valence-corrected chi connectivity index (χ2v) is 11.5. The van der Waals surface area contributed by atoms with Crippen LogP contribution < -0.4 is 9.80 Å². The maximum Gasteiger partial charge on any atom is 0.227 e. The lowest BCUT2D eigenvalue weighted by Crippen LogP contribution is -2.34. The number of aromatic nitrogens is 2. The fraction of sp³-hybridized carbons (Fsp3) is 0.552. The van der Waals surface area contributed by atoms with E-state index in [9.17, 15) is 4.79 Å². The lowest BCUT2D eigenvalue weighted by molar-refractivity contribution is -0.117. The van der Waals surface area contributed by atoms with Gasteiger partial charge >= 0.3 is 0 Å². The summed E-state index contributed by atoms with van der Waals surface area (Å²) < 4.78 is 5.99. The van der Waals surface area contributed by atoms with Gasteiger partial charge in [-0.2, -0.15) is 0 Å². The van der Waals surface area contributed by atoms with Crippen LogP contribution in [0, 0.1) is 5.92 Å². The van der Waals surface area contributed by atoms with Gasteiger partial charge in [0.2, 0.25) is 5.91 Å². The van der Waals surface area contributed by atoms with Crippen molar-refractivity contribution in [3.05, 3.63) is 36.7 Å². The first-order chi connectivity index (χ1) is 18.3. The largest absolute Gasteiger partial charge is 0.380 e. The first kappa shape index (κ1) is 24.8. The van der Waals surface area contributed by atoms with Gasteiger partial charge in [0.1, 0.15) is 22.0 Å². The minimum atomic E-state index is 0.210. The number of nitrogens with zero attached hydrogens (tertiary/aromatic N) is 5. The van der Waals surface area contributed by atoms with Crippen molar-refractivity contribution in [3.8, 4) is 11.1 Å². The number of piperidine rings is 1. The number of rotatable bonds is 9. The van der Waals surface area contributed by atoms with Gasteiger partial charge in [-0.3, -0.25) is 4.79 Å². The minimum Gasteiger partial charge on any atom is -0.380 e. The summed E-state index contributed by atoms with van der Waals surface area (Å²) in [6, 6.07) is 10.4. The molecule has 3 aliphatic rings. The van der Waals surface area contributed by atoms with Gasteiger partial charge in [0.25, 0.3) is 0 Å². The number of anilines is 2. The molecule has 0 atom stereocenters. The molecule has 0 bridgehead atoms. The van der Waals surface area contributed by atoms with Gasteiger partial charge in [-0.25, -0.2) is 9.97 Å². The number of thiophene rings is 1. The van der Waals surface area contributed by atoms with Crippen LogP contribution in [0.3, 0.4) is 0 Å². The summed E-state index contributed by atoms with van der Waals surface area (Å²) in [5.74, 6) is 1.93. The van der Waals surface area contributed by atoms with Crippen molar-refractivity contribution in [1.82, 2.24) is 14.9 Å². The number of carbonyl (C=O) groups excluding carboxylic acids is 1. The first-order valence-electron chi connectivity index (χ1n) is 14.0. The number of hydrogen-bond donors (Lipinski definition) is 0. The Labute approximate surface area is 223 Å². The molecule has 0 N–H and O–H groups in total. The van der Waals surface area contributed by atoms with Gasteiger partial charge in [-0.1, -0.05) is 41.7 Å². The molecule has 0 saturated carbocycles. The van der Waals surface area contributed by atoms with Crippen LogP contribution in [0.4, 0.5) is 10.8 Å². The molecule has 3 fully saturated rings. The van der Waals surface area contributed by atoms with Gasteiger partial charge in [0.05, 0.1) is 12.0 Å². The molecule has 3 aromatic rings. The Morgan fingerprint density at radius 1 is 0.946 bits per heavy atom. The fourth-order valence-electron chi connectivity index (χ4n) is 6.06. The lowest BCUT2D eigenvalue weighted by Gasteiger charge is -2.33. The van der Waals surface area contributed by atoms with E-state index in [-0.39, 0.29) is 5.91 Å². The molecule has 37 heavy (non-hydrogen) atoms. The maximum atomic E-state index is 12.7. The molecule has 0 unspecified atom stereocenters. The highest BCUT2D eigenvalue weighted by Crippen LogP contribution is 2.48. The van der Waals surface area contributed by atoms with Gasteiger partial charge in [-0.15, -0.1) is 0 Å². The van der Waals surface area contributed by atoms with E-state index in [1.54, 1.807) is 17.7 Å². The molecule has 3 aliphatic heterocycles. The summed E-state index contributed by atoms with van der Waals surface area (Å²) in [6.07, 6.45) is 9.36. The molecule has 5 heterocycles. The van der Waals surface area contributed by atoms with Crippen LogP contribution in [0.2, 0.25) is 0 Å². The van der Waals surface area contributed by atoms with Gasteiger partial charge in [0, 0.05) is 44.8 Å². The van der Waals surface area contributed by atoms with Crippen molar-refractivity contribution in [2.75, 3.05) is 62.3 Å². The molecule has 0 spiro atoms. The predicted octanol–water partition coefficient (Wildman–Crippen LogP) is 5.20. The molecular weight excluding hydrogens is 482 g/mol. The molecule has 3 saturated heterocycles. The zero-order valence-corrected chi connectivity index (χ0v) is 22.4. The van der Waals surface area contributed by atoms with E-state index in [0.29, 0.717) is 12.3 Å². The number of likely N-dealkylation sites (tertiary alicyclic amines) is 1. The SMILES string of the molecule is O=C1CCCN1c1sc2ncnc(N3CCC(CCOCCN4CCCC4)CC3)c2c1-c1ccccc1. The van der Waals surface area contributed by atoms with Crippen molar-refractivity contribution >= 4 is 38.3 Å². The molecule has 0 aliphatic carbocycles. The minimum absolute atomic E-state index is 0.210. The van der Waals surface area contributed by atoms with Crippen molar-refractivity contribution in [1.29, 1.82) is 0 Å². The van der Waals surface area contributed by atoms with E-state index < -0.39 is 0 Å². The standard InChI is InChI=1S/C29H37N5O2S/c35-24-9-6-15-34(24)29-25(23-7-2-1-3-8-23)26-27(30-21-31-28(26)37-29)33-16-10-22(11-17-33)12-19-36-20-18-32-13-4-5-14-32/h1-3,7-8,21-22H,4-6,9-20H2. The summed E-state index contributed by atoms with van der Waals surface area (Å²) in [4.78, 5) is 30.1. The number of fused-ring (bicyclic) bond motifs is 1. The summed E-state index contributed by atoms with van der Waals surface area (Å²) in [5, 5.41) is 2.11. The van der Waals surface area contributed by atoms with Crippen molar-refractivity contribution in [3.63, 3.8) is 0 Å². The zero-order valence-electron chi connectivity index (χ0n) is 21.6. The summed E-state index contributed by atoms with van der Waals surface area (Å²) in [7, 11) is 0. The average Bonchev–Trinajstić information content (AvgIpc) is 3.69. The van der Waals surface area contributed by atoms with E-state index in [1.165, 1.54) is 25.9 Å². The topological polar surface area (TPSA) is 61.8 Å². The molecular formula is C29H37N5O2S. The van der Waals surface area contributed by atoms with Gasteiger partial charge in [0.15, 0.2) is 0 Å². The second kappa shape index (κ2) is 11.5. The highest BCUT2D eigenvalue weighted by Gasteiger charge is 2.31. The quantitative estimate of drug-likeness (QED) is 0.362. The number of ether oxygens (including phenoxy) is 1. The normalized spacial score (nSPS) is 19.5. The van der Waals surface area contributed by atoms with Crippen LogP contribution >= 0.6 is 11.3 Å². The lowest BCUT2D eigenvalue weighted by atomic mass is 9.93. The molecule has 6 rings (SSSR count). The van der Waals surface area contributed by atoms with Crippen LogP contribution in [0.25, 0.3) is 21.3 Å². The van der Waals surface area contributed by atoms with Crippen LogP contribution in [-0.4, -0.2) is 73.3 Å². The number of carbonyl (C=O) groups is 1. The third-order valence-electron chi connectivity index (χ3n) is 8.17. The second-order valence-electron chi connectivity index (χ2n) is 10.6. The average molecular weight is 520 g/mol. The number of amides is 1. The molecule has 7 nitrogen and oxygen atoms in total. The first-order valence-corrected chi connectivity index (χ1v) is 14.8. The van der Waals surface area contributed by atoms with E-state index in [0.717, 1.165) is 97.2 Å². The van der Waals surface area contributed by atoms with E-state index in [2.05, 4.69) is 39.0 Å². The molecule has 1 aromatic carbocycles. The van der Waals surface area contributed by atoms with Crippen LogP contribution in [-0.2, 0) is 9.53 Å². The van der Waals surface area contributed by atoms with Crippen LogP contribution in [0.5, 0.6) is 0 Å². The summed E-state index contributed by atoms with van der Waals surface area (Å²) >= 11 is 1.63. The van der Waals surface area contributed by atoms with E-state index >= 15 is 0 Å². The number of hydrogen-bond acceptors (Lipinski definition) is 7. The van der Waals surface area contributed by atoms with Gasteiger partial charge in [-0.05, 0) is 63.1 Å². The molecule has 8 heteroatoms. The third kappa shape index (κ3) is 5.38. The van der Waals surface area contributed by atoms with Crippen molar-refractivity contribution in [2.45, 2.75) is 44.9 Å². The maximum absolute atomic E-state index is 12.7. The third-order valence-corrected chi connectivity index (χ3v) is 9.29. The Morgan fingerprint density at radius 3 is 2.51 bits per heavy atom. The van der Waals surface area contributed by atoms with E-state index in [1.807, 2.05) is 11.0 Å². The fourth-order valence-corrected chi connectivity index (χ4v) is 7.26. The highest BCUT2D eigenvalue weighted by molar-refractivity contribution is 7.23.